The average molecular weight is 412 g/mol. The first-order valence-corrected chi connectivity index (χ1v) is 9.63. The number of carbonyl (C=O) groups excluding carboxylic acids is 3. The highest BCUT2D eigenvalue weighted by atomic mass is 32.1. The third kappa shape index (κ3) is 5.48. The zero-order chi connectivity index (χ0) is 20.8. The molecular weight excluding hydrogens is 392 g/mol. The molecule has 0 unspecified atom stereocenters. The van der Waals surface area contributed by atoms with Crippen molar-refractivity contribution in [2.75, 3.05) is 17.2 Å². The van der Waals surface area contributed by atoms with Gasteiger partial charge in [0.1, 0.15) is 18.7 Å². The van der Waals surface area contributed by atoms with Gasteiger partial charge < -0.3 is 16.0 Å². The number of aryl methyl sites for hydroxylation is 1. The highest BCUT2D eigenvalue weighted by Crippen LogP contribution is 2.16. The van der Waals surface area contributed by atoms with E-state index in [4.69, 9.17) is 0 Å². The van der Waals surface area contributed by atoms with Crippen LogP contribution in [0.25, 0.3) is 0 Å². The highest BCUT2D eigenvalue weighted by molar-refractivity contribution is 7.13. The van der Waals surface area contributed by atoms with Gasteiger partial charge in [-0.3, -0.25) is 14.4 Å². The lowest BCUT2D eigenvalue weighted by molar-refractivity contribution is -0.119. The van der Waals surface area contributed by atoms with E-state index < -0.39 is 6.04 Å². The fraction of sp³-hybridized carbons (Fsp3) is 0.211. The predicted octanol–water partition coefficient (Wildman–Crippen LogP) is 2.22. The first-order valence-electron chi connectivity index (χ1n) is 8.82. The van der Waals surface area contributed by atoms with E-state index >= 15 is 0 Å². The molecule has 1 atom stereocenters. The monoisotopic (exact) mass is 412 g/mol. The normalized spacial score (nSPS) is 11.5. The van der Waals surface area contributed by atoms with E-state index in [1.54, 1.807) is 37.3 Å². The first kappa shape index (κ1) is 20.2. The number of carbonyl (C=O) groups is 3. The third-order valence-corrected chi connectivity index (χ3v) is 5.02. The Bertz CT molecular complexity index is 997. The number of anilines is 2. The van der Waals surface area contributed by atoms with E-state index in [2.05, 4.69) is 26.0 Å². The topological polar surface area (TPSA) is 118 Å². The number of hydrogen-bond donors (Lipinski definition) is 3. The van der Waals surface area contributed by atoms with E-state index in [1.807, 2.05) is 13.0 Å². The van der Waals surface area contributed by atoms with Gasteiger partial charge in [0.05, 0.1) is 11.4 Å². The Morgan fingerprint density at radius 3 is 2.34 bits per heavy atom. The van der Waals surface area contributed by atoms with Gasteiger partial charge in [-0.1, -0.05) is 0 Å². The molecule has 150 valence electrons. The summed E-state index contributed by atoms with van der Waals surface area (Å²) in [4.78, 5) is 41.7. The van der Waals surface area contributed by atoms with Crippen LogP contribution < -0.4 is 16.0 Å². The molecule has 10 heteroatoms. The summed E-state index contributed by atoms with van der Waals surface area (Å²) in [5.74, 6) is -0.861. The van der Waals surface area contributed by atoms with Gasteiger partial charge in [0, 0.05) is 16.3 Å². The summed E-state index contributed by atoms with van der Waals surface area (Å²) in [6.07, 6.45) is 2.84. The zero-order valence-corrected chi connectivity index (χ0v) is 16.7. The minimum absolute atomic E-state index is 0.135. The number of nitrogens with one attached hydrogen (secondary N) is 3. The summed E-state index contributed by atoms with van der Waals surface area (Å²) >= 11 is 1.37. The smallest absolute Gasteiger partial charge is 0.261 e. The molecule has 0 aliphatic heterocycles. The molecule has 0 aliphatic carbocycles. The largest absolute Gasteiger partial charge is 0.342 e. The first-order chi connectivity index (χ1) is 13.9. The molecule has 0 saturated heterocycles. The van der Waals surface area contributed by atoms with Crippen LogP contribution in [0.5, 0.6) is 0 Å². The van der Waals surface area contributed by atoms with Crippen LogP contribution in [0.4, 0.5) is 11.4 Å². The molecule has 0 saturated carbocycles. The molecule has 9 nitrogen and oxygen atoms in total. The second kappa shape index (κ2) is 9.11. The lowest BCUT2D eigenvalue weighted by Gasteiger charge is -2.12. The quantitative estimate of drug-likeness (QED) is 0.550. The number of thiophene rings is 1. The van der Waals surface area contributed by atoms with Gasteiger partial charge in [-0.25, -0.2) is 9.67 Å². The van der Waals surface area contributed by atoms with Gasteiger partial charge in [-0.2, -0.15) is 5.10 Å². The van der Waals surface area contributed by atoms with Crippen molar-refractivity contribution >= 4 is 40.4 Å². The van der Waals surface area contributed by atoms with Crippen molar-refractivity contribution in [3.63, 3.8) is 0 Å². The molecular formula is C19H20N6O3S. The van der Waals surface area contributed by atoms with Crippen LogP contribution in [0.2, 0.25) is 0 Å². The second-order valence-electron chi connectivity index (χ2n) is 6.26. The summed E-state index contributed by atoms with van der Waals surface area (Å²) in [6, 6.07) is 9.75. The Morgan fingerprint density at radius 1 is 1.07 bits per heavy atom. The minimum Gasteiger partial charge on any atom is -0.342 e. The zero-order valence-electron chi connectivity index (χ0n) is 15.9. The molecule has 2 heterocycles. The number of rotatable bonds is 7. The summed E-state index contributed by atoms with van der Waals surface area (Å²) < 4.78 is 1.45. The molecule has 3 amide bonds. The van der Waals surface area contributed by atoms with Crippen molar-refractivity contribution in [3.05, 3.63) is 58.8 Å². The van der Waals surface area contributed by atoms with Gasteiger partial charge in [0.25, 0.3) is 5.91 Å². The number of benzene rings is 1. The summed E-state index contributed by atoms with van der Waals surface area (Å²) in [7, 11) is 0. The lowest BCUT2D eigenvalue weighted by atomic mass is 10.2. The van der Waals surface area contributed by atoms with Crippen LogP contribution in [-0.2, 0) is 9.59 Å². The number of nitrogens with zero attached hydrogens (tertiary/aromatic N) is 3. The standard InChI is InChI=1S/C19H20N6O3S/c1-12-3-8-16(29-12)19(28)21-9-17(26)23-14-4-6-15(7-5-14)24-18(27)13(2)25-11-20-10-22-25/h3-8,10-11,13H,9H2,1-2H3,(H,21,28)(H,23,26)(H,24,27)/t13-/m0/s1. The van der Waals surface area contributed by atoms with Crippen LogP contribution in [0.1, 0.15) is 27.5 Å². The van der Waals surface area contributed by atoms with Crippen LogP contribution in [0, 0.1) is 6.92 Å². The highest BCUT2D eigenvalue weighted by Gasteiger charge is 2.15. The maximum absolute atomic E-state index is 12.2. The van der Waals surface area contributed by atoms with E-state index in [9.17, 15) is 14.4 Å². The Kier molecular flexibility index (Phi) is 6.35. The average Bonchev–Trinajstić information content (AvgIpc) is 3.39. The molecule has 0 aliphatic rings. The van der Waals surface area contributed by atoms with E-state index in [0.717, 1.165) is 4.88 Å². The third-order valence-electron chi connectivity index (χ3n) is 4.02. The Morgan fingerprint density at radius 2 is 1.76 bits per heavy atom. The van der Waals surface area contributed by atoms with Crippen molar-refractivity contribution in [1.82, 2.24) is 20.1 Å². The molecule has 29 heavy (non-hydrogen) atoms. The molecule has 0 radical (unpaired) electrons. The summed E-state index contributed by atoms with van der Waals surface area (Å²) in [5, 5.41) is 12.0. The van der Waals surface area contributed by atoms with E-state index in [1.165, 1.54) is 28.7 Å². The number of hydrogen-bond acceptors (Lipinski definition) is 6. The fourth-order valence-corrected chi connectivity index (χ4v) is 3.21. The minimum atomic E-state index is -0.507. The van der Waals surface area contributed by atoms with Crippen LogP contribution >= 0.6 is 11.3 Å². The molecule has 3 N–H and O–H groups in total. The molecule has 1 aromatic carbocycles. The van der Waals surface area contributed by atoms with Gasteiger partial charge in [-0.05, 0) is 50.2 Å². The van der Waals surface area contributed by atoms with Gasteiger partial charge in [0.15, 0.2) is 0 Å². The maximum atomic E-state index is 12.2. The number of aromatic nitrogens is 3. The summed E-state index contributed by atoms with van der Waals surface area (Å²) in [6.45, 7) is 3.49. The number of amides is 3. The SMILES string of the molecule is Cc1ccc(C(=O)NCC(=O)Nc2ccc(NC(=O)[C@H](C)n3cncn3)cc2)s1. The van der Waals surface area contributed by atoms with Crippen LogP contribution in [0.3, 0.4) is 0 Å². The fourth-order valence-electron chi connectivity index (χ4n) is 2.43. The van der Waals surface area contributed by atoms with Crippen molar-refractivity contribution in [2.45, 2.75) is 19.9 Å². The molecule has 0 spiro atoms. The second-order valence-corrected chi connectivity index (χ2v) is 7.55. The Balaban J connectivity index is 1.47. The molecule has 2 aromatic heterocycles. The van der Waals surface area contributed by atoms with Crippen LogP contribution in [-0.4, -0.2) is 39.0 Å². The molecule has 3 rings (SSSR count). The van der Waals surface area contributed by atoms with Gasteiger partial charge in [0.2, 0.25) is 11.8 Å². The Hall–Kier alpha value is -3.53. The van der Waals surface area contributed by atoms with Gasteiger partial charge >= 0.3 is 0 Å². The Labute approximate surface area is 171 Å². The van der Waals surface area contributed by atoms with Crippen molar-refractivity contribution in [1.29, 1.82) is 0 Å². The van der Waals surface area contributed by atoms with Gasteiger partial charge in [-0.15, -0.1) is 11.3 Å². The van der Waals surface area contributed by atoms with Crippen LogP contribution in [0.15, 0.2) is 49.1 Å². The van der Waals surface area contributed by atoms with E-state index in [0.29, 0.717) is 16.3 Å². The molecule has 0 bridgehead atoms. The summed E-state index contributed by atoms with van der Waals surface area (Å²) in [5.41, 5.74) is 1.14. The van der Waals surface area contributed by atoms with Crippen molar-refractivity contribution in [3.8, 4) is 0 Å². The lowest BCUT2D eigenvalue weighted by Crippen LogP contribution is -2.32. The van der Waals surface area contributed by atoms with Crippen molar-refractivity contribution < 1.29 is 14.4 Å². The predicted molar refractivity (Wildman–Crippen MR) is 110 cm³/mol. The van der Waals surface area contributed by atoms with E-state index in [-0.39, 0.29) is 24.3 Å². The van der Waals surface area contributed by atoms with Crippen molar-refractivity contribution in [2.24, 2.45) is 0 Å². The molecule has 0 fully saturated rings. The molecule has 3 aromatic rings. The maximum Gasteiger partial charge on any atom is 0.261 e.